The van der Waals surface area contributed by atoms with E-state index in [0.29, 0.717) is 25.8 Å². The van der Waals surface area contributed by atoms with Crippen LogP contribution in [-0.4, -0.2) is 56.0 Å². The molecule has 1 unspecified atom stereocenters. The van der Waals surface area contributed by atoms with E-state index >= 15 is 0 Å². The number of fused-ring (bicyclic) bond motifs is 3. The second-order valence-electron chi connectivity index (χ2n) is 7.91. The SMILES string of the molecule is COC(CCNC(=O)OCC1c2ccccc2-c2ccccc21)C(=O)NCCCCC(=O)O. The van der Waals surface area contributed by atoms with Gasteiger partial charge >= 0.3 is 12.1 Å². The molecule has 1 atom stereocenters. The average molecular weight is 455 g/mol. The van der Waals surface area contributed by atoms with Crippen molar-refractivity contribution in [1.82, 2.24) is 10.6 Å². The number of alkyl carbamates (subject to hydrolysis) is 1. The smallest absolute Gasteiger partial charge is 0.407 e. The van der Waals surface area contributed by atoms with E-state index in [9.17, 15) is 14.4 Å². The third kappa shape index (κ3) is 6.55. The number of nitrogens with one attached hydrogen (secondary N) is 2. The lowest BCUT2D eigenvalue weighted by molar-refractivity contribution is -0.137. The third-order valence-electron chi connectivity index (χ3n) is 5.71. The Hall–Kier alpha value is -3.39. The molecule has 8 nitrogen and oxygen atoms in total. The summed E-state index contributed by atoms with van der Waals surface area (Å²) in [6.45, 7) is 0.831. The van der Waals surface area contributed by atoms with E-state index in [-0.39, 0.29) is 31.4 Å². The van der Waals surface area contributed by atoms with E-state index in [1.165, 1.54) is 18.2 Å². The maximum Gasteiger partial charge on any atom is 0.407 e. The Kier molecular flexibility index (Phi) is 8.83. The van der Waals surface area contributed by atoms with Crippen molar-refractivity contribution in [3.8, 4) is 11.1 Å². The topological polar surface area (TPSA) is 114 Å². The Morgan fingerprint density at radius 2 is 1.58 bits per heavy atom. The zero-order valence-electron chi connectivity index (χ0n) is 18.7. The van der Waals surface area contributed by atoms with E-state index in [0.717, 1.165) is 11.1 Å². The van der Waals surface area contributed by atoms with Gasteiger partial charge in [0, 0.05) is 39.0 Å². The van der Waals surface area contributed by atoms with Crippen LogP contribution in [0.4, 0.5) is 4.79 Å². The minimum absolute atomic E-state index is 0.0122. The van der Waals surface area contributed by atoms with Gasteiger partial charge in [0.1, 0.15) is 12.7 Å². The van der Waals surface area contributed by atoms with Crippen molar-refractivity contribution in [3.05, 3.63) is 59.7 Å². The van der Waals surface area contributed by atoms with E-state index < -0.39 is 18.2 Å². The zero-order valence-corrected chi connectivity index (χ0v) is 18.7. The lowest BCUT2D eigenvalue weighted by Crippen LogP contribution is -2.39. The molecule has 0 heterocycles. The summed E-state index contributed by atoms with van der Waals surface area (Å²) in [6, 6.07) is 16.3. The number of benzene rings is 2. The van der Waals surface area contributed by atoms with Crippen molar-refractivity contribution >= 4 is 18.0 Å². The highest BCUT2D eigenvalue weighted by molar-refractivity contribution is 5.81. The number of carboxylic acid groups (broad SMARTS) is 1. The molecule has 1 aliphatic carbocycles. The van der Waals surface area contributed by atoms with Crippen molar-refractivity contribution in [2.45, 2.75) is 37.7 Å². The van der Waals surface area contributed by atoms with Crippen molar-refractivity contribution < 1.29 is 29.0 Å². The number of unbranched alkanes of at least 4 members (excludes halogenated alkanes) is 1. The number of carboxylic acids is 1. The summed E-state index contributed by atoms with van der Waals surface area (Å²) < 4.78 is 10.7. The van der Waals surface area contributed by atoms with Crippen LogP contribution in [0.15, 0.2) is 48.5 Å². The third-order valence-corrected chi connectivity index (χ3v) is 5.71. The minimum atomic E-state index is -0.851. The summed E-state index contributed by atoms with van der Waals surface area (Å²) in [5.41, 5.74) is 4.62. The summed E-state index contributed by atoms with van der Waals surface area (Å²) in [5, 5.41) is 14.0. The lowest BCUT2D eigenvalue weighted by atomic mass is 9.98. The molecule has 0 aliphatic heterocycles. The molecule has 0 saturated heterocycles. The van der Waals surface area contributed by atoms with Crippen LogP contribution in [0.3, 0.4) is 0 Å². The van der Waals surface area contributed by atoms with Crippen LogP contribution in [0.5, 0.6) is 0 Å². The highest BCUT2D eigenvalue weighted by Gasteiger charge is 2.29. The quantitative estimate of drug-likeness (QED) is 0.424. The van der Waals surface area contributed by atoms with Crippen molar-refractivity contribution in [3.63, 3.8) is 0 Å². The Bertz CT molecular complexity index is 931. The molecule has 3 rings (SSSR count). The molecule has 33 heavy (non-hydrogen) atoms. The first-order valence-corrected chi connectivity index (χ1v) is 11.1. The number of hydrogen-bond acceptors (Lipinski definition) is 5. The van der Waals surface area contributed by atoms with E-state index in [1.54, 1.807) is 0 Å². The average Bonchev–Trinajstić information content (AvgIpc) is 3.13. The summed E-state index contributed by atoms with van der Waals surface area (Å²) in [5.74, 6) is -1.15. The minimum Gasteiger partial charge on any atom is -0.481 e. The predicted octanol–water partition coefficient (Wildman–Crippen LogP) is 3.30. The Balaban J connectivity index is 1.41. The largest absolute Gasteiger partial charge is 0.481 e. The number of hydrogen-bond donors (Lipinski definition) is 3. The van der Waals surface area contributed by atoms with Gasteiger partial charge in [-0.3, -0.25) is 9.59 Å². The lowest BCUT2D eigenvalue weighted by Gasteiger charge is -2.17. The molecule has 1 aliphatic rings. The van der Waals surface area contributed by atoms with Gasteiger partial charge < -0.3 is 25.2 Å². The first kappa shape index (κ1) is 24.3. The molecule has 176 valence electrons. The van der Waals surface area contributed by atoms with Crippen LogP contribution in [0.25, 0.3) is 11.1 Å². The van der Waals surface area contributed by atoms with Crippen LogP contribution in [0.2, 0.25) is 0 Å². The van der Waals surface area contributed by atoms with Crippen molar-refractivity contribution in [2.24, 2.45) is 0 Å². The van der Waals surface area contributed by atoms with Gasteiger partial charge in [0.25, 0.3) is 0 Å². The maximum atomic E-state index is 12.2. The number of carbonyl (C=O) groups is 3. The van der Waals surface area contributed by atoms with Crippen molar-refractivity contribution in [1.29, 1.82) is 0 Å². The second-order valence-corrected chi connectivity index (χ2v) is 7.91. The first-order valence-electron chi connectivity index (χ1n) is 11.1. The van der Waals surface area contributed by atoms with Gasteiger partial charge in [0.05, 0.1) is 0 Å². The van der Waals surface area contributed by atoms with E-state index in [1.807, 2.05) is 24.3 Å². The van der Waals surface area contributed by atoms with Crippen molar-refractivity contribution in [2.75, 3.05) is 26.8 Å². The summed E-state index contributed by atoms with van der Waals surface area (Å²) in [4.78, 5) is 34.9. The maximum absolute atomic E-state index is 12.2. The fourth-order valence-electron chi connectivity index (χ4n) is 4.04. The molecule has 2 aromatic rings. The van der Waals surface area contributed by atoms with Gasteiger partial charge in [-0.05, 0) is 35.1 Å². The van der Waals surface area contributed by atoms with Crippen LogP contribution >= 0.6 is 0 Å². The predicted molar refractivity (Wildman–Crippen MR) is 123 cm³/mol. The van der Waals surface area contributed by atoms with E-state index in [2.05, 4.69) is 34.9 Å². The Labute approximate surface area is 193 Å². The molecule has 0 saturated carbocycles. The highest BCUT2D eigenvalue weighted by atomic mass is 16.5. The summed E-state index contributed by atoms with van der Waals surface area (Å²) in [6.07, 6.45) is 0.192. The number of rotatable bonds is 12. The van der Waals surface area contributed by atoms with Crippen LogP contribution in [-0.2, 0) is 19.1 Å². The molecular formula is C25H30N2O6. The van der Waals surface area contributed by atoms with Gasteiger partial charge in [-0.15, -0.1) is 0 Å². The fourth-order valence-corrected chi connectivity index (χ4v) is 4.04. The number of amides is 2. The molecule has 2 aromatic carbocycles. The van der Waals surface area contributed by atoms with Gasteiger partial charge in [0.15, 0.2) is 0 Å². The summed E-state index contributed by atoms with van der Waals surface area (Å²) in [7, 11) is 1.43. The van der Waals surface area contributed by atoms with Gasteiger partial charge in [-0.1, -0.05) is 48.5 Å². The first-order chi connectivity index (χ1) is 16.0. The second kappa shape index (κ2) is 12.0. The molecule has 8 heteroatoms. The molecule has 0 spiro atoms. The zero-order chi connectivity index (χ0) is 23.6. The number of aliphatic carboxylic acids is 1. The highest BCUT2D eigenvalue weighted by Crippen LogP contribution is 2.44. The molecule has 3 N–H and O–H groups in total. The van der Waals surface area contributed by atoms with E-state index in [4.69, 9.17) is 14.6 Å². The summed E-state index contributed by atoms with van der Waals surface area (Å²) >= 11 is 0. The van der Waals surface area contributed by atoms with Gasteiger partial charge in [0.2, 0.25) is 5.91 Å². The van der Waals surface area contributed by atoms with Gasteiger partial charge in [-0.2, -0.15) is 0 Å². The molecule has 2 amide bonds. The normalized spacial score (nSPS) is 13.0. The number of methoxy groups -OCH3 is 1. The molecule has 0 bridgehead atoms. The fraction of sp³-hybridized carbons (Fsp3) is 0.400. The molecule has 0 fully saturated rings. The Morgan fingerprint density at radius 3 is 2.18 bits per heavy atom. The number of ether oxygens (including phenoxy) is 2. The monoisotopic (exact) mass is 454 g/mol. The molecular weight excluding hydrogens is 424 g/mol. The van der Waals surface area contributed by atoms with Gasteiger partial charge in [-0.25, -0.2) is 4.79 Å². The Morgan fingerprint density at radius 1 is 0.939 bits per heavy atom. The molecule has 0 aromatic heterocycles. The number of carbonyl (C=O) groups excluding carboxylic acids is 2. The standard InChI is InChI=1S/C25H30N2O6/c1-32-22(24(30)26-14-7-6-12-23(28)29)13-15-27-25(31)33-16-21-19-10-4-2-8-17(19)18-9-3-5-11-20(18)21/h2-5,8-11,21-22H,6-7,12-16H2,1H3,(H,26,30)(H,27,31)(H,28,29). The molecule has 0 radical (unpaired) electrons. The van der Waals surface area contributed by atoms with Crippen LogP contribution < -0.4 is 10.6 Å². The van der Waals surface area contributed by atoms with Crippen LogP contribution in [0.1, 0.15) is 42.7 Å². The van der Waals surface area contributed by atoms with Crippen LogP contribution in [0, 0.1) is 0 Å².